The van der Waals surface area contributed by atoms with Gasteiger partial charge in [0, 0.05) is 22.9 Å². The molecule has 0 bridgehead atoms. The average Bonchev–Trinajstić information content (AvgIpc) is 3.05. The molecule has 1 amide bonds. The molecule has 1 heterocycles. The molecule has 4 nitrogen and oxygen atoms in total. The van der Waals surface area contributed by atoms with Crippen molar-refractivity contribution in [1.82, 2.24) is 4.98 Å². The van der Waals surface area contributed by atoms with Gasteiger partial charge in [0.15, 0.2) is 11.7 Å². The van der Waals surface area contributed by atoms with Gasteiger partial charge in [-0.3, -0.25) is 4.79 Å². The van der Waals surface area contributed by atoms with Gasteiger partial charge in [-0.15, -0.1) is 0 Å². The second-order valence-electron chi connectivity index (χ2n) is 5.66. The first-order valence-electron chi connectivity index (χ1n) is 7.78. The van der Waals surface area contributed by atoms with Gasteiger partial charge in [0.25, 0.3) is 0 Å². The van der Waals surface area contributed by atoms with Gasteiger partial charge in [-0.1, -0.05) is 45.8 Å². The van der Waals surface area contributed by atoms with Crippen molar-refractivity contribution in [2.75, 3.05) is 5.32 Å². The van der Waals surface area contributed by atoms with Crippen LogP contribution in [0.1, 0.15) is 17.9 Å². The number of carbonyl (C=O) groups excluding carboxylic acids is 1. The van der Waals surface area contributed by atoms with E-state index in [1.165, 1.54) is 17.7 Å². The number of nitrogens with zero attached hydrogens (tertiary/aromatic N) is 1. The Kier molecular flexibility index (Phi) is 5.28. The minimum absolute atomic E-state index is 0.154. The lowest BCUT2D eigenvalue weighted by atomic mass is 10.1. The van der Waals surface area contributed by atoms with Crippen LogP contribution in [-0.4, -0.2) is 10.9 Å². The highest BCUT2D eigenvalue weighted by Gasteiger charge is 2.11. The van der Waals surface area contributed by atoms with Crippen molar-refractivity contribution < 1.29 is 13.6 Å². The fourth-order valence-corrected chi connectivity index (χ4v) is 2.63. The third-order valence-electron chi connectivity index (χ3n) is 3.66. The summed E-state index contributed by atoms with van der Waals surface area (Å²) in [5, 5.41) is 2.55. The zero-order chi connectivity index (χ0) is 17.8. The Balaban J connectivity index is 1.58. The summed E-state index contributed by atoms with van der Waals surface area (Å²) in [7, 11) is 0. The van der Waals surface area contributed by atoms with Gasteiger partial charge in [-0.25, -0.2) is 9.37 Å². The number of hydrogen-bond donors (Lipinski definition) is 1. The molecule has 0 radical (unpaired) electrons. The van der Waals surface area contributed by atoms with Crippen molar-refractivity contribution in [3.63, 3.8) is 0 Å². The highest BCUT2D eigenvalue weighted by Crippen LogP contribution is 2.22. The van der Waals surface area contributed by atoms with Crippen LogP contribution in [0, 0.1) is 12.7 Å². The predicted octanol–water partition coefficient (Wildman–Crippen LogP) is 5.12. The molecule has 0 aliphatic carbocycles. The Morgan fingerprint density at radius 1 is 1.24 bits per heavy atom. The maximum Gasteiger partial charge on any atom is 0.224 e. The third-order valence-corrected chi connectivity index (χ3v) is 4.15. The molecule has 0 unspecified atom stereocenters. The van der Waals surface area contributed by atoms with Crippen LogP contribution in [0.2, 0.25) is 0 Å². The summed E-state index contributed by atoms with van der Waals surface area (Å²) in [6, 6.07) is 12.4. The Hall–Kier alpha value is -2.47. The van der Waals surface area contributed by atoms with Crippen molar-refractivity contribution in [3.05, 3.63) is 70.4 Å². The number of carbonyl (C=O) groups is 1. The van der Waals surface area contributed by atoms with Gasteiger partial charge in [0.1, 0.15) is 5.82 Å². The largest absolute Gasteiger partial charge is 0.441 e. The molecule has 3 aromatic rings. The van der Waals surface area contributed by atoms with E-state index in [-0.39, 0.29) is 18.0 Å². The molecule has 128 valence electrons. The Morgan fingerprint density at radius 2 is 2.00 bits per heavy atom. The van der Waals surface area contributed by atoms with E-state index in [0.29, 0.717) is 22.5 Å². The topological polar surface area (TPSA) is 55.1 Å². The van der Waals surface area contributed by atoms with E-state index in [2.05, 4.69) is 26.2 Å². The summed E-state index contributed by atoms with van der Waals surface area (Å²) in [6.07, 6.45) is 2.14. The number of aromatic nitrogens is 1. The average molecular weight is 403 g/mol. The van der Waals surface area contributed by atoms with Gasteiger partial charge in [-0.2, -0.15) is 0 Å². The Morgan fingerprint density at radius 3 is 2.72 bits per heavy atom. The van der Waals surface area contributed by atoms with Crippen molar-refractivity contribution in [2.45, 2.75) is 19.8 Å². The molecule has 2 aromatic carbocycles. The monoisotopic (exact) mass is 402 g/mol. The number of oxazole rings is 1. The molecule has 1 N–H and O–H groups in total. The van der Waals surface area contributed by atoms with Crippen molar-refractivity contribution in [1.29, 1.82) is 0 Å². The molecule has 0 aliphatic heterocycles. The fourth-order valence-electron chi connectivity index (χ4n) is 2.30. The van der Waals surface area contributed by atoms with Crippen LogP contribution in [0.5, 0.6) is 0 Å². The minimum Gasteiger partial charge on any atom is -0.441 e. The van der Waals surface area contributed by atoms with Crippen LogP contribution in [-0.2, 0) is 11.2 Å². The van der Waals surface area contributed by atoms with Crippen LogP contribution in [0.3, 0.4) is 0 Å². The molecule has 0 saturated heterocycles. The van der Waals surface area contributed by atoms with E-state index in [1.54, 1.807) is 12.3 Å². The maximum atomic E-state index is 13.7. The van der Waals surface area contributed by atoms with Crippen LogP contribution >= 0.6 is 15.9 Å². The molecule has 25 heavy (non-hydrogen) atoms. The predicted molar refractivity (Wildman–Crippen MR) is 97.7 cm³/mol. The van der Waals surface area contributed by atoms with E-state index < -0.39 is 5.82 Å². The van der Waals surface area contributed by atoms with E-state index >= 15 is 0 Å². The second kappa shape index (κ2) is 7.61. The summed E-state index contributed by atoms with van der Waals surface area (Å²) in [4.78, 5) is 16.2. The van der Waals surface area contributed by atoms with Crippen LogP contribution in [0.4, 0.5) is 10.1 Å². The summed E-state index contributed by atoms with van der Waals surface area (Å²) in [5.41, 5.74) is 2.26. The van der Waals surface area contributed by atoms with Crippen molar-refractivity contribution >= 4 is 27.5 Å². The minimum atomic E-state index is -0.486. The number of aryl methyl sites for hydroxylation is 2. The van der Waals surface area contributed by atoms with E-state index in [4.69, 9.17) is 4.42 Å². The standard InChI is InChI=1S/C19H16BrFN2O2/c1-12-2-4-13(5-3-12)17-11-22-19(25-17)9-8-18(24)23-16-7-6-14(20)10-15(16)21/h2-7,10-11H,8-9H2,1H3,(H,23,24). The van der Waals surface area contributed by atoms with Crippen LogP contribution in [0.15, 0.2) is 57.6 Å². The van der Waals surface area contributed by atoms with E-state index in [9.17, 15) is 9.18 Å². The molecular weight excluding hydrogens is 387 g/mol. The van der Waals surface area contributed by atoms with Gasteiger partial charge in [-0.05, 0) is 25.1 Å². The summed E-state index contributed by atoms with van der Waals surface area (Å²) >= 11 is 3.18. The van der Waals surface area contributed by atoms with Crippen molar-refractivity contribution in [2.24, 2.45) is 0 Å². The van der Waals surface area contributed by atoms with Gasteiger partial charge in [0.2, 0.25) is 5.91 Å². The number of benzene rings is 2. The summed E-state index contributed by atoms with van der Waals surface area (Å²) in [5.74, 6) is 0.355. The van der Waals surface area contributed by atoms with E-state index in [0.717, 1.165) is 5.56 Å². The zero-order valence-corrected chi connectivity index (χ0v) is 15.1. The lowest BCUT2D eigenvalue weighted by Crippen LogP contribution is -2.13. The first-order valence-corrected chi connectivity index (χ1v) is 8.57. The van der Waals surface area contributed by atoms with Gasteiger partial charge < -0.3 is 9.73 Å². The number of halogens is 2. The number of anilines is 1. The first-order chi connectivity index (χ1) is 12.0. The number of nitrogens with one attached hydrogen (secondary N) is 1. The zero-order valence-electron chi connectivity index (χ0n) is 13.6. The molecule has 0 aliphatic rings. The normalized spacial score (nSPS) is 10.7. The van der Waals surface area contributed by atoms with Crippen LogP contribution < -0.4 is 5.32 Å². The molecular formula is C19H16BrFN2O2. The molecule has 0 spiro atoms. The lowest BCUT2D eigenvalue weighted by Gasteiger charge is -2.05. The molecule has 1 aromatic heterocycles. The molecule has 3 rings (SSSR count). The summed E-state index contributed by atoms with van der Waals surface area (Å²) < 4.78 is 20.0. The molecule has 6 heteroatoms. The SMILES string of the molecule is Cc1ccc(-c2cnc(CCC(=O)Nc3ccc(Br)cc3F)o2)cc1. The highest BCUT2D eigenvalue weighted by molar-refractivity contribution is 9.10. The molecule has 0 saturated carbocycles. The molecule has 0 fully saturated rings. The Bertz CT molecular complexity index is 891. The maximum absolute atomic E-state index is 13.7. The van der Waals surface area contributed by atoms with E-state index in [1.807, 2.05) is 31.2 Å². The smallest absolute Gasteiger partial charge is 0.224 e. The Labute approximate surface area is 153 Å². The molecule has 0 atom stereocenters. The number of hydrogen-bond acceptors (Lipinski definition) is 3. The quantitative estimate of drug-likeness (QED) is 0.643. The van der Waals surface area contributed by atoms with Crippen molar-refractivity contribution in [3.8, 4) is 11.3 Å². The highest BCUT2D eigenvalue weighted by atomic mass is 79.9. The van der Waals surface area contributed by atoms with Crippen LogP contribution in [0.25, 0.3) is 11.3 Å². The lowest BCUT2D eigenvalue weighted by molar-refractivity contribution is -0.116. The number of amides is 1. The first kappa shape index (κ1) is 17.4. The number of rotatable bonds is 5. The fraction of sp³-hybridized carbons (Fsp3) is 0.158. The second-order valence-corrected chi connectivity index (χ2v) is 6.57. The third kappa shape index (κ3) is 4.54. The van der Waals surface area contributed by atoms with Gasteiger partial charge in [0.05, 0.1) is 11.9 Å². The summed E-state index contributed by atoms with van der Waals surface area (Å²) in [6.45, 7) is 2.02. The van der Waals surface area contributed by atoms with Gasteiger partial charge >= 0.3 is 0 Å².